The molecule has 0 bridgehead atoms. The zero-order valence-electron chi connectivity index (χ0n) is 10.9. The largest absolute Gasteiger partial charge is 0.291 e. The van der Waals surface area contributed by atoms with Crippen molar-refractivity contribution in [3.8, 4) is 0 Å². The molecule has 1 aromatic carbocycles. The Morgan fingerprint density at radius 1 is 1.35 bits per heavy atom. The standard InChI is InChI=1S/C13H12F2N4O/c1-7-5-12(20)17-13(16-7)19-18-8(2)10-6-9(14)3-4-11(10)15/h3-6H,1-2H3,(H2,16,17,19,20)/b18-8-. The average Bonchev–Trinajstić information content (AvgIpc) is 2.38. The second-order valence-electron chi connectivity index (χ2n) is 4.17. The van der Waals surface area contributed by atoms with E-state index in [1.54, 1.807) is 6.92 Å². The Morgan fingerprint density at radius 3 is 2.80 bits per heavy atom. The van der Waals surface area contributed by atoms with Crippen molar-refractivity contribution in [2.24, 2.45) is 5.10 Å². The van der Waals surface area contributed by atoms with Crippen LogP contribution >= 0.6 is 0 Å². The molecule has 0 spiro atoms. The molecule has 0 aliphatic heterocycles. The molecule has 2 N–H and O–H groups in total. The summed E-state index contributed by atoms with van der Waals surface area (Å²) in [6, 6.07) is 4.42. The van der Waals surface area contributed by atoms with Gasteiger partial charge in [0, 0.05) is 17.3 Å². The fourth-order valence-corrected chi connectivity index (χ4v) is 1.60. The summed E-state index contributed by atoms with van der Waals surface area (Å²) in [4.78, 5) is 17.7. The van der Waals surface area contributed by atoms with E-state index in [-0.39, 0.29) is 22.8 Å². The lowest BCUT2D eigenvalue weighted by Gasteiger charge is -2.04. The Bertz CT molecular complexity index is 725. The van der Waals surface area contributed by atoms with Gasteiger partial charge in [-0.3, -0.25) is 9.78 Å². The van der Waals surface area contributed by atoms with E-state index >= 15 is 0 Å². The second-order valence-corrected chi connectivity index (χ2v) is 4.17. The van der Waals surface area contributed by atoms with E-state index < -0.39 is 11.6 Å². The number of nitrogens with zero attached hydrogens (tertiary/aromatic N) is 2. The van der Waals surface area contributed by atoms with Gasteiger partial charge in [-0.1, -0.05) is 0 Å². The molecule has 0 amide bonds. The maximum Gasteiger partial charge on any atom is 0.252 e. The SMILES string of the molecule is C/C(=N/Nc1nc(C)cc(=O)[nH]1)c1cc(F)ccc1F. The highest BCUT2D eigenvalue weighted by atomic mass is 19.1. The third kappa shape index (κ3) is 3.25. The lowest BCUT2D eigenvalue weighted by molar-refractivity contribution is 0.598. The average molecular weight is 278 g/mol. The van der Waals surface area contributed by atoms with Gasteiger partial charge >= 0.3 is 0 Å². The molecule has 0 saturated heterocycles. The van der Waals surface area contributed by atoms with Gasteiger partial charge in [-0.05, 0) is 32.0 Å². The molecule has 0 unspecified atom stereocenters. The third-order valence-corrected chi connectivity index (χ3v) is 2.52. The smallest absolute Gasteiger partial charge is 0.252 e. The van der Waals surface area contributed by atoms with Gasteiger partial charge < -0.3 is 0 Å². The number of hydrogen-bond acceptors (Lipinski definition) is 4. The van der Waals surface area contributed by atoms with Gasteiger partial charge in [-0.15, -0.1) is 0 Å². The van der Waals surface area contributed by atoms with Gasteiger partial charge in [0.2, 0.25) is 5.95 Å². The van der Waals surface area contributed by atoms with Crippen LogP contribution in [0.3, 0.4) is 0 Å². The lowest BCUT2D eigenvalue weighted by Crippen LogP contribution is -2.11. The Labute approximate surface area is 113 Å². The maximum atomic E-state index is 13.5. The van der Waals surface area contributed by atoms with Gasteiger partial charge in [-0.2, -0.15) is 5.10 Å². The summed E-state index contributed by atoms with van der Waals surface area (Å²) >= 11 is 0. The molecule has 5 nitrogen and oxygen atoms in total. The Balaban J connectivity index is 2.26. The maximum absolute atomic E-state index is 13.5. The van der Waals surface area contributed by atoms with Crippen molar-refractivity contribution in [2.45, 2.75) is 13.8 Å². The van der Waals surface area contributed by atoms with E-state index in [4.69, 9.17) is 0 Å². The number of halogens is 2. The highest BCUT2D eigenvalue weighted by Gasteiger charge is 2.07. The summed E-state index contributed by atoms with van der Waals surface area (Å²) in [5.41, 5.74) is 2.95. The Morgan fingerprint density at radius 2 is 2.10 bits per heavy atom. The predicted octanol–water partition coefficient (Wildman–Crippen LogP) is 2.19. The number of H-pyrrole nitrogens is 1. The molecule has 1 heterocycles. The van der Waals surface area contributed by atoms with Gasteiger partial charge in [0.1, 0.15) is 11.6 Å². The Kier molecular flexibility index (Phi) is 3.88. The molecule has 0 radical (unpaired) electrons. The molecule has 2 aromatic rings. The summed E-state index contributed by atoms with van der Waals surface area (Å²) in [6.45, 7) is 3.17. The van der Waals surface area contributed by atoms with Crippen molar-refractivity contribution in [2.75, 3.05) is 5.43 Å². The number of aromatic amines is 1. The van der Waals surface area contributed by atoms with Crippen LogP contribution in [0.15, 0.2) is 34.2 Å². The molecule has 104 valence electrons. The van der Waals surface area contributed by atoms with Crippen LogP contribution in [0.2, 0.25) is 0 Å². The number of hydrogen-bond donors (Lipinski definition) is 2. The molecule has 0 fully saturated rings. The van der Waals surface area contributed by atoms with Crippen LogP contribution in [0.25, 0.3) is 0 Å². The zero-order chi connectivity index (χ0) is 14.7. The summed E-state index contributed by atoms with van der Waals surface area (Å²) in [5.74, 6) is -1.01. The van der Waals surface area contributed by atoms with Gasteiger partial charge in [0.25, 0.3) is 5.56 Å². The number of anilines is 1. The van der Waals surface area contributed by atoms with Crippen LogP contribution in [-0.4, -0.2) is 15.7 Å². The summed E-state index contributed by atoms with van der Waals surface area (Å²) < 4.78 is 26.6. The predicted molar refractivity (Wildman–Crippen MR) is 71.8 cm³/mol. The number of aryl methyl sites for hydroxylation is 1. The van der Waals surface area contributed by atoms with Crippen molar-refractivity contribution >= 4 is 11.7 Å². The highest BCUT2D eigenvalue weighted by Crippen LogP contribution is 2.11. The fourth-order valence-electron chi connectivity index (χ4n) is 1.60. The summed E-state index contributed by atoms with van der Waals surface area (Å²) in [7, 11) is 0. The van der Waals surface area contributed by atoms with E-state index in [9.17, 15) is 13.6 Å². The van der Waals surface area contributed by atoms with E-state index in [2.05, 4.69) is 20.5 Å². The van der Waals surface area contributed by atoms with Crippen LogP contribution in [0.4, 0.5) is 14.7 Å². The monoisotopic (exact) mass is 278 g/mol. The zero-order valence-corrected chi connectivity index (χ0v) is 10.9. The van der Waals surface area contributed by atoms with Gasteiger partial charge in [0.05, 0.1) is 5.71 Å². The lowest BCUT2D eigenvalue weighted by atomic mass is 10.1. The molecule has 7 heteroatoms. The first kappa shape index (κ1) is 13.9. The van der Waals surface area contributed by atoms with Crippen molar-refractivity contribution in [3.05, 3.63) is 57.5 Å². The van der Waals surface area contributed by atoms with Crippen molar-refractivity contribution in [1.29, 1.82) is 0 Å². The molecule has 0 aliphatic rings. The first-order valence-corrected chi connectivity index (χ1v) is 5.79. The van der Waals surface area contributed by atoms with Crippen molar-refractivity contribution in [3.63, 3.8) is 0 Å². The third-order valence-electron chi connectivity index (χ3n) is 2.52. The first-order valence-electron chi connectivity index (χ1n) is 5.79. The summed E-state index contributed by atoms with van der Waals surface area (Å²) in [6.07, 6.45) is 0. The summed E-state index contributed by atoms with van der Waals surface area (Å²) in [5, 5.41) is 3.88. The highest BCUT2D eigenvalue weighted by molar-refractivity contribution is 5.99. The number of rotatable bonds is 3. The van der Waals surface area contributed by atoms with Crippen molar-refractivity contribution < 1.29 is 8.78 Å². The fraction of sp³-hybridized carbons (Fsp3) is 0.154. The van der Waals surface area contributed by atoms with Crippen LogP contribution in [0, 0.1) is 18.6 Å². The molecular weight excluding hydrogens is 266 g/mol. The minimum absolute atomic E-state index is 0.0347. The van der Waals surface area contributed by atoms with E-state index in [0.717, 1.165) is 18.2 Å². The van der Waals surface area contributed by atoms with E-state index in [1.807, 2.05) is 0 Å². The number of benzene rings is 1. The number of aromatic nitrogens is 2. The molecule has 20 heavy (non-hydrogen) atoms. The first-order chi connectivity index (χ1) is 9.45. The number of hydrazone groups is 1. The van der Waals surface area contributed by atoms with E-state index in [1.165, 1.54) is 13.0 Å². The van der Waals surface area contributed by atoms with E-state index in [0.29, 0.717) is 5.69 Å². The van der Waals surface area contributed by atoms with Gasteiger partial charge in [0.15, 0.2) is 0 Å². The van der Waals surface area contributed by atoms with Crippen LogP contribution in [0.1, 0.15) is 18.2 Å². The second kappa shape index (κ2) is 5.60. The molecule has 2 rings (SSSR count). The molecule has 0 saturated carbocycles. The number of nitrogens with one attached hydrogen (secondary N) is 2. The normalized spacial score (nSPS) is 11.5. The minimum Gasteiger partial charge on any atom is -0.291 e. The molecular formula is C13H12F2N4O. The topological polar surface area (TPSA) is 70.1 Å². The van der Waals surface area contributed by atoms with Crippen LogP contribution in [-0.2, 0) is 0 Å². The molecule has 1 aromatic heterocycles. The van der Waals surface area contributed by atoms with Crippen molar-refractivity contribution in [1.82, 2.24) is 9.97 Å². The molecule has 0 atom stereocenters. The van der Waals surface area contributed by atoms with Crippen LogP contribution < -0.4 is 11.0 Å². The van der Waals surface area contributed by atoms with Crippen LogP contribution in [0.5, 0.6) is 0 Å². The van der Waals surface area contributed by atoms with Gasteiger partial charge in [-0.25, -0.2) is 19.2 Å². The molecule has 0 aliphatic carbocycles. The quantitative estimate of drug-likeness (QED) is 0.668. The minimum atomic E-state index is -0.583. The Hall–Kier alpha value is -2.57.